The number of carbonyl (C=O) groups is 2. The van der Waals surface area contributed by atoms with E-state index in [0.717, 1.165) is 5.56 Å². The lowest BCUT2D eigenvalue weighted by Crippen LogP contribution is -2.33. The van der Waals surface area contributed by atoms with Crippen LogP contribution in [0.4, 0.5) is 0 Å². The van der Waals surface area contributed by atoms with Crippen LogP contribution in [0.3, 0.4) is 0 Å². The van der Waals surface area contributed by atoms with Crippen LogP contribution in [0.15, 0.2) is 62.9 Å². The van der Waals surface area contributed by atoms with E-state index in [1.165, 1.54) is 10.5 Å². The lowest BCUT2D eigenvalue weighted by molar-refractivity contribution is 0.0523. The molecule has 4 rings (SSSR count). The highest BCUT2D eigenvalue weighted by atomic mass is 79.9. The first-order valence-corrected chi connectivity index (χ1v) is 11.7. The summed E-state index contributed by atoms with van der Waals surface area (Å²) in [5.41, 5.74) is 1.85. The molecule has 4 aromatic rings. The summed E-state index contributed by atoms with van der Waals surface area (Å²) in [6, 6.07) is 12.0. The molecular formula is C25H23BrN4O4. The number of halogens is 1. The maximum Gasteiger partial charge on any atom is 0.341 e. The molecule has 174 valence electrons. The van der Waals surface area contributed by atoms with Crippen LogP contribution in [-0.4, -0.2) is 32.4 Å². The highest BCUT2D eigenvalue weighted by molar-refractivity contribution is 9.10. The van der Waals surface area contributed by atoms with Crippen molar-refractivity contribution in [3.05, 3.63) is 85.7 Å². The molecule has 34 heavy (non-hydrogen) atoms. The minimum atomic E-state index is -0.665. The Labute approximate surface area is 203 Å². The number of fused-ring (bicyclic) bond motifs is 2. The highest BCUT2D eigenvalue weighted by Gasteiger charge is 2.20. The smallest absolute Gasteiger partial charge is 0.341 e. The molecule has 0 aliphatic heterocycles. The van der Waals surface area contributed by atoms with Crippen molar-refractivity contribution in [2.45, 2.75) is 33.7 Å². The van der Waals surface area contributed by atoms with Crippen LogP contribution in [0.5, 0.6) is 0 Å². The topological polar surface area (TPSA) is 95.0 Å². The van der Waals surface area contributed by atoms with E-state index in [0.29, 0.717) is 34.3 Å². The Morgan fingerprint density at radius 3 is 2.56 bits per heavy atom. The Hall–Kier alpha value is -3.59. The van der Waals surface area contributed by atoms with Crippen LogP contribution >= 0.6 is 15.9 Å². The van der Waals surface area contributed by atoms with E-state index in [1.54, 1.807) is 48.0 Å². The fourth-order valence-corrected chi connectivity index (χ4v) is 4.25. The van der Waals surface area contributed by atoms with Crippen molar-refractivity contribution in [3.8, 4) is 0 Å². The second kappa shape index (κ2) is 9.72. The van der Waals surface area contributed by atoms with Gasteiger partial charge in [0.05, 0.1) is 17.6 Å². The SMILES string of the molecule is CCCn1c(=NC(=O)c2ccccc2Br)c(C(=O)OCC)cc2c(=O)n3cccc(C)c3nc21. The minimum absolute atomic E-state index is 0.0368. The molecule has 0 bridgehead atoms. The van der Waals surface area contributed by atoms with E-state index in [4.69, 9.17) is 9.72 Å². The van der Waals surface area contributed by atoms with Gasteiger partial charge in [-0.25, -0.2) is 9.78 Å². The number of hydrogen-bond acceptors (Lipinski definition) is 5. The molecule has 0 spiro atoms. The minimum Gasteiger partial charge on any atom is -0.462 e. The van der Waals surface area contributed by atoms with Crippen LogP contribution in [-0.2, 0) is 11.3 Å². The maximum absolute atomic E-state index is 13.4. The van der Waals surface area contributed by atoms with Crippen molar-refractivity contribution in [2.75, 3.05) is 6.61 Å². The molecule has 0 radical (unpaired) electrons. The summed E-state index contributed by atoms with van der Waals surface area (Å²) in [6.07, 6.45) is 2.30. The predicted molar refractivity (Wildman–Crippen MR) is 132 cm³/mol. The number of hydrogen-bond donors (Lipinski definition) is 0. The second-order valence-electron chi connectivity index (χ2n) is 7.69. The van der Waals surface area contributed by atoms with Gasteiger partial charge in [-0.2, -0.15) is 4.99 Å². The molecule has 1 aromatic carbocycles. The fourth-order valence-electron chi connectivity index (χ4n) is 3.79. The Balaban J connectivity index is 2.16. The van der Waals surface area contributed by atoms with Crippen molar-refractivity contribution >= 4 is 44.5 Å². The quantitative estimate of drug-likeness (QED) is 0.291. The zero-order valence-electron chi connectivity index (χ0n) is 19.0. The zero-order valence-corrected chi connectivity index (χ0v) is 20.6. The van der Waals surface area contributed by atoms with Crippen molar-refractivity contribution in [1.29, 1.82) is 0 Å². The monoisotopic (exact) mass is 522 g/mol. The van der Waals surface area contributed by atoms with Gasteiger partial charge in [-0.05, 0) is 66.0 Å². The van der Waals surface area contributed by atoms with E-state index >= 15 is 0 Å². The van der Waals surface area contributed by atoms with E-state index in [2.05, 4.69) is 20.9 Å². The summed E-state index contributed by atoms with van der Waals surface area (Å²) < 4.78 is 8.94. The summed E-state index contributed by atoms with van der Waals surface area (Å²) in [5, 5.41) is 0.242. The van der Waals surface area contributed by atoms with Crippen LogP contribution < -0.4 is 11.0 Å². The summed E-state index contributed by atoms with van der Waals surface area (Å²) in [7, 11) is 0. The lowest BCUT2D eigenvalue weighted by atomic mass is 10.2. The van der Waals surface area contributed by atoms with Crippen LogP contribution in [0.1, 0.15) is 46.5 Å². The van der Waals surface area contributed by atoms with Crippen LogP contribution in [0.2, 0.25) is 0 Å². The van der Waals surface area contributed by atoms with Gasteiger partial charge in [0, 0.05) is 17.2 Å². The molecule has 0 N–H and O–H groups in total. The molecule has 1 amide bonds. The van der Waals surface area contributed by atoms with Crippen molar-refractivity contribution < 1.29 is 14.3 Å². The number of esters is 1. The molecule has 3 aromatic heterocycles. The summed E-state index contributed by atoms with van der Waals surface area (Å²) in [5.74, 6) is -1.20. The lowest BCUT2D eigenvalue weighted by Gasteiger charge is -2.15. The van der Waals surface area contributed by atoms with Gasteiger partial charge >= 0.3 is 5.97 Å². The number of amides is 1. The van der Waals surface area contributed by atoms with Crippen molar-refractivity contribution in [2.24, 2.45) is 4.99 Å². The molecule has 3 heterocycles. The third kappa shape index (κ3) is 4.19. The predicted octanol–water partition coefficient (Wildman–Crippen LogP) is 4.05. The fraction of sp³-hybridized carbons (Fsp3) is 0.240. The Bertz CT molecular complexity index is 1570. The Kier molecular flexibility index (Phi) is 6.74. The van der Waals surface area contributed by atoms with Crippen LogP contribution in [0.25, 0.3) is 16.7 Å². The van der Waals surface area contributed by atoms with Crippen molar-refractivity contribution in [1.82, 2.24) is 14.0 Å². The average Bonchev–Trinajstić information content (AvgIpc) is 2.81. The van der Waals surface area contributed by atoms with Gasteiger partial charge in [-0.3, -0.25) is 14.0 Å². The van der Waals surface area contributed by atoms with E-state index in [-0.39, 0.29) is 28.6 Å². The number of ether oxygens (including phenoxy) is 1. The largest absolute Gasteiger partial charge is 0.462 e. The number of rotatable bonds is 5. The van der Waals surface area contributed by atoms with Gasteiger partial charge < -0.3 is 9.30 Å². The van der Waals surface area contributed by atoms with E-state index in [9.17, 15) is 14.4 Å². The summed E-state index contributed by atoms with van der Waals surface area (Å²) >= 11 is 3.38. The average molecular weight is 523 g/mol. The summed E-state index contributed by atoms with van der Waals surface area (Å²) in [4.78, 5) is 48.6. The first kappa shape index (κ1) is 23.6. The van der Waals surface area contributed by atoms with Gasteiger partial charge in [0.15, 0.2) is 5.49 Å². The normalized spacial score (nSPS) is 11.8. The van der Waals surface area contributed by atoms with Gasteiger partial charge in [0.1, 0.15) is 16.9 Å². The molecule has 0 saturated heterocycles. The third-order valence-corrected chi connectivity index (χ3v) is 6.05. The number of pyridine rings is 2. The summed E-state index contributed by atoms with van der Waals surface area (Å²) in [6.45, 7) is 6.03. The number of nitrogens with zero attached hydrogens (tertiary/aromatic N) is 4. The Morgan fingerprint density at radius 1 is 1.09 bits per heavy atom. The molecule has 0 saturated carbocycles. The van der Waals surface area contributed by atoms with Gasteiger partial charge in [-0.1, -0.05) is 25.1 Å². The molecule has 8 nitrogen and oxygen atoms in total. The van der Waals surface area contributed by atoms with Gasteiger partial charge in [0.25, 0.3) is 11.5 Å². The first-order chi connectivity index (χ1) is 16.4. The molecule has 0 fully saturated rings. The number of benzene rings is 1. The number of aromatic nitrogens is 3. The molecule has 9 heteroatoms. The van der Waals surface area contributed by atoms with Crippen LogP contribution in [0, 0.1) is 6.92 Å². The standard InChI is InChI=1S/C25H23BrN4O4/c1-4-12-29-21-17(24(32)30-13-8-9-15(3)20(30)27-21)14-18(25(33)34-5-2)22(29)28-23(31)16-10-6-7-11-19(16)26/h6-11,13-14H,4-5,12H2,1-3H3. The molecular weight excluding hydrogens is 500 g/mol. The third-order valence-electron chi connectivity index (χ3n) is 5.36. The van der Waals surface area contributed by atoms with Gasteiger partial charge in [-0.15, -0.1) is 0 Å². The Morgan fingerprint density at radius 2 is 1.85 bits per heavy atom. The highest BCUT2D eigenvalue weighted by Crippen LogP contribution is 2.18. The molecule has 0 unspecified atom stereocenters. The number of aryl methyl sites for hydroxylation is 2. The first-order valence-electron chi connectivity index (χ1n) is 10.9. The van der Waals surface area contributed by atoms with Crippen molar-refractivity contribution in [3.63, 3.8) is 0 Å². The maximum atomic E-state index is 13.4. The number of carbonyl (C=O) groups excluding carboxylic acids is 2. The molecule has 0 atom stereocenters. The van der Waals surface area contributed by atoms with Gasteiger partial charge in [0.2, 0.25) is 0 Å². The second-order valence-corrected chi connectivity index (χ2v) is 8.54. The molecule has 0 aliphatic rings. The molecule has 0 aliphatic carbocycles. The van der Waals surface area contributed by atoms with E-state index in [1.807, 2.05) is 19.9 Å². The van der Waals surface area contributed by atoms with E-state index < -0.39 is 11.9 Å². The zero-order chi connectivity index (χ0) is 24.4.